The topological polar surface area (TPSA) is 56.7 Å². The molecule has 4 nitrogen and oxygen atoms in total. The van der Waals surface area contributed by atoms with Crippen LogP contribution in [0.25, 0.3) is 10.7 Å². The third-order valence-electron chi connectivity index (χ3n) is 1.76. The molecule has 0 aliphatic rings. The van der Waals surface area contributed by atoms with E-state index in [1.807, 2.05) is 18.4 Å². The second-order valence-corrected chi connectivity index (χ2v) is 3.50. The van der Waals surface area contributed by atoms with E-state index in [0.717, 1.165) is 17.2 Å². The number of hydrogen-bond acceptors (Lipinski definition) is 4. The van der Waals surface area contributed by atoms with Gasteiger partial charge in [0.25, 0.3) is 0 Å². The van der Waals surface area contributed by atoms with E-state index in [-0.39, 0.29) is 0 Å². The van der Waals surface area contributed by atoms with Crippen molar-refractivity contribution in [2.24, 2.45) is 0 Å². The molecule has 2 aromatic heterocycles. The highest BCUT2D eigenvalue weighted by Crippen LogP contribution is 2.21. The van der Waals surface area contributed by atoms with Crippen molar-refractivity contribution in [1.29, 1.82) is 0 Å². The van der Waals surface area contributed by atoms with Crippen molar-refractivity contribution in [3.63, 3.8) is 0 Å². The van der Waals surface area contributed by atoms with Crippen LogP contribution in [0, 0.1) is 0 Å². The number of rotatable bonds is 2. The van der Waals surface area contributed by atoms with Crippen LogP contribution in [-0.2, 0) is 6.54 Å². The maximum atomic E-state index is 5.74. The van der Waals surface area contributed by atoms with Gasteiger partial charge in [-0.3, -0.25) is 0 Å². The summed E-state index contributed by atoms with van der Waals surface area (Å²) in [6.07, 6.45) is 1.77. The standard InChI is InChI=1S/C8H10N4S/c1-2-12-7(9)5-6(11-12)8-10-3-4-13-8/h3-5H,2,9H2,1H3. The van der Waals surface area contributed by atoms with Gasteiger partial charge in [0.1, 0.15) is 16.5 Å². The molecule has 0 saturated heterocycles. The van der Waals surface area contributed by atoms with Gasteiger partial charge in [0.15, 0.2) is 0 Å². The second kappa shape index (κ2) is 3.18. The fraction of sp³-hybridized carbons (Fsp3) is 0.250. The van der Waals surface area contributed by atoms with Gasteiger partial charge in [0.2, 0.25) is 0 Å². The highest BCUT2D eigenvalue weighted by atomic mass is 32.1. The average Bonchev–Trinajstić information content (AvgIpc) is 2.71. The van der Waals surface area contributed by atoms with Crippen molar-refractivity contribution in [2.75, 3.05) is 5.73 Å². The SMILES string of the molecule is CCn1nc(-c2nccs2)cc1N. The lowest BCUT2D eigenvalue weighted by atomic mass is 10.4. The van der Waals surface area contributed by atoms with Gasteiger partial charge < -0.3 is 5.73 Å². The maximum Gasteiger partial charge on any atom is 0.143 e. The minimum atomic E-state index is 0.688. The number of thiazole rings is 1. The summed E-state index contributed by atoms with van der Waals surface area (Å²) >= 11 is 1.57. The average molecular weight is 194 g/mol. The Hall–Kier alpha value is -1.36. The zero-order chi connectivity index (χ0) is 9.26. The molecule has 0 bridgehead atoms. The van der Waals surface area contributed by atoms with Crippen LogP contribution in [0.1, 0.15) is 6.92 Å². The predicted octanol–water partition coefficient (Wildman–Crippen LogP) is 1.61. The van der Waals surface area contributed by atoms with Gasteiger partial charge in [0, 0.05) is 24.2 Å². The predicted molar refractivity (Wildman–Crippen MR) is 53.4 cm³/mol. The van der Waals surface area contributed by atoms with Gasteiger partial charge in [-0.1, -0.05) is 0 Å². The molecule has 0 aromatic carbocycles. The van der Waals surface area contributed by atoms with Crippen molar-refractivity contribution >= 4 is 17.2 Å². The monoisotopic (exact) mass is 194 g/mol. The van der Waals surface area contributed by atoms with Gasteiger partial charge in [-0.2, -0.15) is 5.10 Å². The molecule has 2 N–H and O–H groups in total. The molecule has 13 heavy (non-hydrogen) atoms. The van der Waals surface area contributed by atoms with E-state index in [1.165, 1.54) is 0 Å². The van der Waals surface area contributed by atoms with E-state index in [2.05, 4.69) is 10.1 Å². The van der Waals surface area contributed by atoms with E-state index in [1.54, 1.807) is 22.2 Å². The maximum absolute atomic E-state index is 5.74. The first-order valence-electron chi connectivity index (χ1n) is 4.04. The molecule has 0 radical (unpaired) electrons. The molecule has 0 amide bonds. The molecular weight excluding hydrogens is 184 g/mol. The number of aryl methyl sites for hydroxylation is 1. The normalized spacial score (nSPS) is 10.5. The van der Waals surface area contributed by atoms with E-state index >= 15 is 0 Å². The summed E-state index contributed by atoms with van der Waals surface area (Å²) in [4.78, 5) is 4.16. The van der Waals surface area contributed by atoms with Gasteiger partial charge in [-0.25, -0.2) is 9.67 Å². The summed E-state index contributed by atoms with van der Waals surface area (Å²) in [5, 5.41) is 7.15. The van der Waals surface area contributed by atoms with E-state index in [0.29, 0.717) is 5.82 Å². The Kier molecular flexibility index (Phi) is 2.02. The van der Waals surface area contributed by atoms with Crippen LogP contribution in [0.2, 0.25) is 0 Å². The van der Waals surface area contributed by atoms with Crippen molar-refractivity contribution in [2.45, 2.75) is 13.5 Å². The number of anilines is 1. The van der Waals surface area contributed by atoms with E-state index in [4.69, 9.17) is 5.73 Å². The van der Waals surface area contributed by atoms with Gasteiger partial charge in [0.05, 0.1) is 0 Å². The number of aromatic nitrogens is 3. The minimum Gasteiger partial charge on any atom is -0.384 e. The van der Waals surface area contributed by atoms with Crippen LogP contribution in [0.3, 0.4) is 0 Å². The van der Waals surface area contributed by atoms with Crippen LogP contribution in [0.5, 0.6) is 0 Å². The lowest BCUT2D eigenvalue weighted by molar-refractivity contribution is 0.672. The molecule has 0 aliphatic carbocycles. The second-order valence-electron chi connectivity index (χ2n) is 2.61. The van der Waals surface area contributed by atoms with E-state index < -0.39 is 0 Å². The van der Waals surface area contributed by atoms with Crippen molar-refractivity contribution < 1.29 is 0 Å². The van der Waals surface area contributed by atoms with Crippen LogP contribution in [0.4, 0.5) is 5.82 Å². The zero-order valence-corrected chi connectivity index (χ0v) is 8.08. The molecule has 5 heteroatoms. The van der Waals surface area contributed by atoms with Gasteiger partial charge in [-0.05, 0) is 6.92 Å². The highest BCUT2D eigenvalue weighted by Gasteiger charge is 2.07. The van der Waals surface area contributed by atoms with E-state index in [9.17, 15) is 0 Å². The molecular formula is C8H10N4S. The largest absolute Gasteiger partial charge is 0.384 e. The van der Waals surface area contributed by atoms with Gasteiger partial charge in [-0.15, -0.1) is 11.3 Å². The first-order chi connectivity index (χ1) is 6.31. The third kappa shape index (κ3) is 1.42. The first kappa shape index (κ1) is 8.25. The Morgan fingerprint density at radius 1 is 1.62 bits per heavy atom. The molecule has 0 aliphatic heterocycles. The lowest BCUT2D eigenvalue weighted by Crippen LogP contribution is -2.01. The molecule has 2 heterocycles. The Bertz CT molecular complexity index is 390. The van der Waals surface area contributed by atoms with Crippen molar-refractivity contribution in [3.8, 4) is 10.7 Å². The third-order valence-corrected chi connectivity index (χ3v) is 2.56. The van der Waals surface area contributed by atoms with Gasteiger partial charge >= 0.3 is 0 Å². The molecule has 2 rings (SSSR count). The summed E-state index contributed by atoms with van der Waals surface area (Å²) in [5.41, 5.74) is 6.59. The number of nitrogens with zero attached hydrogens (tertiary/aromatic N) is 3. The zero-order valence-electron chi connectivity index (χ0n) is 7.27. The molecule has 0 unspecified atom stereocenters. The van der Waals surface area contributed by atoms with Crippen molar-refractivity contribution in [1.82, 2.24) is 14.8 Å². The van der Waals surface area contributed by atoms with Crippen LogP contribution in [0.15, 0.2) is 17.6 Å². The van der Waals surface area contributed by atoms with Crippen LogP contribution < -0.4 is 5.73 Å². The summed E-state index contributed by atoms with van der Waals surface area (Å²) in [6.45, 7) is 2.80. The summed E-state index contributed by atoms with van der Waals surface area (Å²) in [5.74, 6) is 0.688. The molecule has 0 saturated carbocycles. The first-order valence-corrected chi connectivity index (χ1v) is 4.92. The Morgan fingerprint density at radius 3 is 3.00 bits per heavy atom. The molecule has 2 aromatic rings. The van der Waals surface area contributed by atoms with Crippen LogP contribution in [-0.4, -0.2) is 14.8 Å². The highest BCUT2D eigenvalue weighted by molar-refractivity contribution is 7.13. The molecule has 0 spiro atoms. The summed E-state index contributed by atoms with van der Waals surface area (Å²) < 4.78 is 1.76. The number of nitrogen functional groups attached to an aromatic ring is 1. The molecule has 0 fully saturated rings. The molecule has 0 atom stereocenters. The number of hydrogen-bond donors (Lipinski definition) is 1. The Labute approximate surface area is 80.0 Å². The van der Waals surface area contributed by atoms with Crippen molar-refractivity contribution in [3.05, 3.63) is 17.6 Å². The smallest absolute Gasteiger partial charge is 0.143 e. The summed E-state index contributed by atoms with van der Waals surface area (Å²) in [7, 11) is 0. The Balaban J connectivity index is 2.43. The minimum absolute atomic E-state index is 0.688. The number of nitrogens with two attached hydrogens (primary N) is 1. The lowest BCUT2D eigenvalue weighted by Gasteiger charge is -1.95. The molecule has 68 valence electrons. The quantitative estimate of drug-likeness (QED) is 0.790. The Morgan fingerprint density at radius 2 is 2.46 bits per heavy atom. The summed E-state index contributed by atoms with van der Waals surface area (Å²) in [6, 6.07) is 1.85. The fourth-order valence-electron chi connectivity index (χ4n) is 1.14. The van der Waals surface area contributed by atoms with Crippen LogP contribution >= 0.6 is 11.3 Å². The fourth-order valence-corrected chi connectivity index (χ4v) is 1.73.